The third-order valence-corrected chi connectivity index (χ3v) is 28.6. The lowest BCUT2D eigenvalue weighted by atomic mass is 9.41. The number of ether oxygens (including phenoxy) is 1. The standard InChI is InChI=1S/C81H19NO/c1-4-10-18(11-5-1)16-78-71-63-53-45-33-25-21-22-24-28-30(25)42-44-36(28)40-38-32(24)34-26(22)29-27-23(21)31(33)37-39-35(27)43-41(29)48-46(34)54-50(38)58-52(40)60-56(44)64(61(63)47(42)45)72(78)69(60)76-70(58)74-65(54)62(48)66-55(43)59-51(39)57(49(37)53)67(71)75-68(59)73(66)79(74,17-19-12-6-2-7-13-19)81(76)80(75,78)82-77(83-81)20-14-8-3-9-15-20/h1-15H,16-17H2. The third kappa shape index (κ3) is 1.94. The average molecular weight is 1020 g/mol. The summed E-state index contributed by atoms with van der Waals surface area (Å²) in [4.78, 5) is 7.06. The van der Waals surface area contributed by atoms with Crippen LogP contribution in [0.3, 0.4) is 0 Å². The zero-order chi connectivity index (χ0) is 50.1. The van der Waals surface area contributed by atoms with Gasteiger partial charge in [-0.05, 0) is 328 Å². The van der Waals surface area contributed by atoms with E-state index in [4.69, 9.17) is 4.99 Å². The summed E-state index contributed by atoms with van der Waals surface area (Å²) in [5, 5.41) is 80.3. The highest BCUT2D eigenvalue weighted by molar-refractivity contribution is 6.80. The molecule has 0 saturated heterocycles. The highest BCUT2D eigenvalue weighted by atomic mass is 16.5. The van der Waals surface area contributed by atoms with E-state index in [1.165, 1.54) is 16.7 Å². The lowest BCUT2D eigenvalue weighted by molar-refractivity contribution is -0.0789. The smallest absolute Gasteiger partial charge is 0.218 e. The molecule has 0 N–H and O–H groups in total. The maximum absolute atomic E-state index is 9.18. The third-order valence-electron chi connectivity index (χ3n) is 28.6. The Hall–Kier alpha value is -10.2. The van der Waals surface area contributed by atoms with E-state index in [0.717, 1.165) is 24.3 Å². The first-order chi connectivity index (χ1) is 41.3. The molecule has 0 fully saturated rings. The van der Waals surface area contributed by atoms with Crippen molar-refractivity contribution >= 4 is 275 Å². The van der Waals surface area contributed by atoms with Crippen molar-refractivity contribution in [1.82, 2.24) is 0 Å². The lowest BCUT2D eigenvalue weighted by Gasteiger charge is -2.62. The molecule has 4 unspecified atom stereocenters. The number of hydrogen-bond donors (Lipinski definition) is 0. The summed E-state index contributed by atoms with van der Waals surface area (Å²) in [6, 6.07) is 35.2. The van der Waals surface area contributed by atoms with Gasteiger partial charge in [-0.1, -0.05) is 78.9 Å². The van der Waals surface area contributed by atoms with Crippen LogP contribution in [-0.4, -0.2) is 5.90 Å². The second-order valence-electron chi connectivity index (χ2n) is 29.4. The summed E-state index contributed by atoms with van der Waals surface area (Å²) in [6.45, 7) is 0. The average Bonchev–Trinajstić information content (AvgIpc) is 1.38. The number of hydrogen-bond acceptors (Lipinski definition) is 2. The van der Waals surface area contributed by atoms with E-state index in [9.17, 15) is 4.74 Å². The molecule has 0 aromatic heterocycles. The van der Waals surface area contributed by atoms with Gasteiger partial charge in [0.15, 0.2) is 5.60 Å². The summed E-state index contributed by atoms with van der Waals surface area (Å²) < 4.78 is 9.18. The minimum atomic E-state index is -0.966. The van der Waals surface area contributed by atoms with Crippen LogP contribution in [0.1, 0.15) is 50.1 Å². The van der Waals surface area contributed by atoms with Crippen molar-refractivity contribution in [1.29, 1.82) is 0 Å². The molecule has 354 valence electrons. The summed E-state index contributed by atoms with van der Waals surface area (Å²) in [7, 11) is 0. The first-order valence-electron chi connectivity index (χ1n) is 30.8. The Morgan fingerprint density at radius 3 is 0.795 bits per heavy atom. The maximum Gasteiger partial charge on any atom is 0.218 e. The highest BCUT2D eigenvalue weighted by Crippen LogP contribution is 2.91. The number of benzene rings is 19. The van der Waals surface area contributed by atoms with Gasteiger partial charge in [0.1, 0.15) is 5.54 Å². The molecule has 0 bridgehead atoms. The highest BCUT2D eigenvalue weighted by Gasteiger charge is 2.88. The Labute approximate surface area is 458 Å². The van der Waals surface area contributed by atoms with Gasteiger partial charge in [-0.3, -0.25) is 0 Å². The van der Waals surface area contributed by atoms with Crippen LogP contribution in [0.4, 0.5) is 0 Å². The van der Waals surface area contributed by atoms with Gasteiger partial charge in [0.05, 0.1) is 10.8 Å². The minimum absolute atomic E-state index is 0.641. The maximum atomic E-state index is 9.18. The van der Waals surface area contributed by atoms with Gasteiger partial charge in [-0.15, -0.1) is 0 Å². The van der Waals surface area contributed by atoms with Gasteiger partial charge < -0.3 is 4.74 Å². The predicted molar refractivity (Wildman–Crippen MR) is 343 cm³/mol. The second-order valence-corrected chi connectivity index (χ2v) is 29.4. The van der Waals surface area contributed by atoms with Crippen molar-refractivity contribution < 1.29 is 4.74 Å². The first kappa shape index (κ1) is 32.9. The molecule has 6 aliphatic carbocycles. The molecule has 29 aromatic carbocycles. The van der Waals surface area contributed by atoms with Crippen LogP contribution in [-0.2, 0) is 39.5 Å². The fraction of sp³-hybridized carbons (Fsp3) is 0.0741. The fourth-order valence-corrected chi connectivity index (χ4v) is 28.2. The molecule has 1 heterocycles. The Bertz CT molecular complexity index is 8320. The van der Waals surface area contributed by atoms with Crippen molar-refractivity contribution in [3.8, 4) is 0 Å². The Balaban J connectivity index is 1.07. The largest absolute Gasteiger partial charge is 0.461 e. The van der Waals surface area contributed by atoms with Crippen LogP contribution in [0.15, 0.2) is 96.0 Å². The van der Waals surface area contributed by atoms with Crippen molar-refractivity contribution in [3.63, 3.8) is 0 Å². The summed E-state index contributed by atoms with van der Waals surface area (Å²) in [5.41, 5.74) is 10.3. The zero-order valence-electron chi connectivity index (χ0n) is 42.9. The molecule has 2 spiro atoms. The van der Waals surface area contributed by atoms with Crippen LogP contribution < -0.4 is 0 Å². The van der Waals surface area contributed by atoms with E-state index in [1.54, 1.807) is 297 Å². The molecular formula is C81H19NO. The molecule has 2 nitrogen and oxygen atoms in total. The molecule has 2 heteroatoms. The summed E-state index contributed by atoms with van der Waals surface area (Å²) >= 11 is 0. The Morgan fingerprint density at radius 1 is 0.229 bits per heavy atom. The molecule has 0 radical (unpaired) electrons. The van der Waals surface area contributed by atoms with Gasteiger partial charge in [0, 0.05) is 16.7 Å². The SMILES string of the molecule is c1ccc(CC23c4c5c6c7c8c9c%10c%11c%12c%13c(c%14c2c2c%15c4c4c5c5c7c7c9c9c%10c%10c%16c%11c%13c%11c%14c%13c2c2c%15c%14c4c4c5c7c5c9c7c%10c9c%16c%11c%13c%10c2c2c%14c4c5c7c2c%109)C32N=C(c3ccccc3)OC62C%128Cc2ccccc2)cc1. The van der Waals surface area contributed by atoms with Crippen LogP contribution in [0.2, 0.25) is 0 Å². The van der Waals surface area contributed by atoms with Crippen molar-refractivity contribution in [2.45, 2.75) is 34.8 Å². The monoisotopic (exact) mass is 1020 g/mol. The second kappa shape index (κ2) is 7.96. The number of nitrogens with zero attached hydrogens (tertiary/aromatic N) is 1. The van der Waals surface area contributed by atoms with Gasteiger partial charge in [-0.25, -0.2) is 4.99 Å². The molecule has 4 atom stereocenters. The van der Waals surface area contributed by atoms with E-state index in [0.29, 0.717) is 0 Å². The molecule has 0 amide bonds. The molecule has 1 aliphatic heterocycles. The lowest BCUT2D eigenvalue weighted by Crippen LogP contribution is -2.69. The van der Waals surface area contributed by atoms with E-state index < -0.39 is 22.0 Å². The van der Waals surface area contributed by atoms with Gasteiger partial charge in [-0.2, -0.15) is 0 Å². The van der Waals surface area contributed by atoms with Crippen molar-refractivity contribution in [3.05, 3.63) is 141 Å². The molecule has 0 saturated carbocycles. The first-order valence-corrected chi connectivity index (χ1v) is 30.8. The predicted octanol–water partition coefficient (Wildman–Crippen LogP) is 20.1. The Kier molecular flexibility index (Phi) is 3.16. The van der Waals surface area contributed by atoms with Crippen LogP contribution in [0.25, 0.3) is 269 Å². The number of aliphatic imine (C=N–C) groups is 1. The van der Waals surface area contributed by atoms with Crippen LogP contribution in [0.5, 0.6) is 0 Å². The van der Waals surface area contributed by atoms with E-state index in [1.807, 2.05) is 0 Å². The fourth-order valence-electron chi connectivity index (χ4n) is 28.2. The molecule has 7 aliphatic rings. The van der Waals surface area contributed by atoms with Gasteiger partial charge >= 0.3 is 0 Å². The Morgan fingerprint density at radius 2 is 0.470 bits per heavy atom. The molecular weight excluding hydrogens is 1000 g/mol. The summed E-state index contributed by atoms with van der Waals surface area (Å²) in [6.07, 6.45) is 1.69. The van der Waals surface area contributed by atoms with E-state index >= 15 is 0 Å². The van der Waals surface area contributed by atoms with Crippen LogP contribution in [0, 0.1) is 0 Å². The topological polar surface area (TPSA) is 21.6 Å². The van der Waals surface area contributed by atoms with Crippen molar-refractivity contribution in [2.24, 2.45) is 4.99 Å². The van der Waals surface area contributed by atoms with Gasteiger partial charge in [0.2, 0.25) is 5.90 Å². The molecule has 29 aromatic rings. The van der Waals surface area contributed by atoms with Crippen LogP contribution >= 0.6 is 0 Å². The zero-order valence-corrected chi connectivity index (χ0v) is 42.9. The number of rotatable bonds is 5. The van der Waals surface area contributed by atoms with E-state index in [-0.39, 0.29) is 0 Å². The van der Waals surface area contributed by atoms with Gasteiger partial charge in [0.25, 0.3) is 0 Å². The minimum Gasteiger partial charge on any atom is -0.461 e. The normalized spacial score (nSPS) is 24.6. The quantitative estimate of drug-likeness (QED) is 0.157. The van der Waals surface area contributed by atoms with Crippen molar-refractivity contribution in [2.75, 3.05) is 0 Å². The van der Waals surface area contributed by atoms with E-state index in [2.05, 4.69) is 91.0 Å². The molecule has 83 heavy (non-hydrogen) atoms. The molecule has 36 rings (SSSR count). The summed E-state index contributed by atoms with van der Waals surface area (Å²) in [5.74, 6) is 0.848.